The van der Waals surface area contributed by atoms with Gasteiger partial charge in [-0.2, -0.15) is 0 Å². The molecule has 1 fully saturated rings. The van der Waals surface area contributed by atoms with Crippen LogP contribution in [0.4, 0.5) is 0 Å². The van der Waals surface area contributed by atoms with E-state index < -0.39 is 18.0 Å². The van der Waals surface area contributed by atoms with Crippen molar-refractivity contribution in [2.45, 2.75) is 76.7 Å². The molecule has 1 N–H and O–H groups in total. The Labute approximate surface area is 147 Å². The van der Waals surface area contributed by atoms with Crippen LogP contribution in [0.5, 0.6) is 0 Å². The Morgan fingerprint density at radius 1 is 1.32 bits per heavy atom. The summed E-state index contributed by atoms with van der Waals surface area (Å²) in [5.41, 5.74) is 0. The molecule has 5 nitrogen and oxygen atoms in total. The number of aliphatic hydroxyl groups is 1. The lowest BCUT2D eigenvalue weighted by Gasteiger charge is -2.28. The Morgan fingerprint density at radius 2 is 2.00 bits per heavy atom. The van der Waals surface area contributed by atoms with Crippen LogP contribution in [-0.2, 0) is 18.9 Å². The second-order valence-electron chi connectivity index (χ2n) is 5.98. The van der Waals surface area contributed by atoms with Crippen LogP contribution in [0.2, 0.25) is 0 Å². The van der Waals surface area contributed by atoms with Crippen molar-refractivity contribution in [3.05, 3.63) is 10.2 Å². The number of hydrogen-bond donors (Lipinski definition) is 1. The summed E-state index contributed by atoms with van der Waals surface area (Å²) in [5, 5.41) is 10.4. The summed E-state index contributed by atoms with van der Waals surface area (Å²) < 4.78 is 24.7. The molecule has 0 aromatic rings. The van der Waals surface area contributed by atoms with Gasteiger partial charge in [-0.3, -0.25) is 0 Å². The zero-order valence-corrected chi connectivity index (χ0v) is 16.1. The van der Waals surface area contributed by atoms with E-state index in [-0.39, 0.29) is 19.0 Å². The smallest absolute Gasteiger partial charge is 0.164 e. The number of ether oxygens (including phenoxy) is 4. The fraction of sp³-hybridized carbons (Fsp3) is 0.875. The van der Waals surface area contributed by atoms with Gasteiger partial charge in [-0.25, -0.2) is 0 Å². The third kappa shape index (κ3) is 6.41. The highest BCUT2D eigenvalue weighted by atomic mass is 127. The first-order chi connectivity index (χ1) is 10.4. The van der Waals surface area contributed by atoms with E-state index >= 15 is 0 Å². The van der Waals surface area contributed by atoms with Crippen LogP contribution in [0.3, 0.4) is 0 Å². The molecule has 0 saturated carbocycles. The van der Waals surface area contributed by atoms with Crippen molar-refractivity contribution in [1.29, 1.82) is 0 Å². The first-order valence-corrected chi connectivity index (χ1v) is 9.09. The van der Waals surface area contributed by atoms with Gasteiger partial charge in [0.2, 0.25) is 0 Å². The highest BCUT2D eigenvalue weighted by Crippen LogP contribution is 2.34. The molecule has 0 aliphatic carbocycles. The summed E-state index contributed by atoms with van der Waals surface area (Å²) in [6, 6.07) is 0. The summed E-state index contributed by atoms with van der Waals surface area (Å²) in [5.74, 6) is -0.717. The van der Waals surface area contributed by atoms with E-state index in [9.17, 15) is 5.11 Å². The lowest BCUT2D eigenvalue weighted by Crippen LogP contribution is -2.43. The molecule has 1 aliphatic rings. The van der Waals surface area contributed by atoms with E-state index in [1.807, 2.05) is 24.0 Å². The summed E-state index contributed by atoms with van der Waals surface area (Å²) in [4.78, 5) is 0. The molecule has 0 aromatic carbocycles. The lowest BCUT2D eigenvalue weighted by molar-refractivity contribution is -0.172. The van der Waals surface area contributed by atoms with Gasteiger partial charge in [0.05, 0.1) is 12.2 Å². The Hall–Kier alpha value is 0.270. The van der Waals surface area contributed by atoms with Crippen LogP contribution < -0.4 is 0 Å². The minimum atomic E-state index is -0.717. The third-order valence-electron chi connectivity index (χ3n) is 3.62. The van der Waals surface area contributed by atoms with E-state index in [0.717, 1.165) is 19.3 Å². The van der Waals surface area contributed by atoms with Gasteiger partial charge in [0, 0.05) is 7.11 Å². The van der Waals surface area contributed by atoms with E-state index in [4.69, 9.17) is 18.9 Å². The van der Waals surface area contributed by atoms with Crippen molar-refractivity contribution < 1.29 is 24.1 Å². The minimum absolute atomic E-state index is 0.148. The monoisotopic (exact) mass is 428 g/mol. The molecule has 0 bridgehead atoms. The minimum Gasteiger partial charge on any atom is -0.390 e. The second kappa shape index (κ2) is 10.2. The summed E-state index contributed by atoms with van der Waals surface area (Å²) in [6.45, 7) is 6.09. The van der Waals surface area contributed by atoms with Gasteiger partial charge in [-0.15, -0.1) is 0 Å². The predicted molar refractivity (Wildman–Crippen MR) is 93.9 cm³/mol. The number of unbranched alkanes of at least 4 members (excludes halogenated alkanes) is 1. The Balaban J connectivity index is 2.81. The van der Waals surface area contributed by atoms with Crippen molar-refractivity contribution >= 4 is 22.6 Å². The van der Waals surface area contributed by atoms with Crippen molar-refractivity contribution in [2.75, 3.05) is 13.9 Å². The molecule has 1 rings (SSSR count). The maximum Gasteiger partial charge on any atom is 0.164 e. The number of halogens is 1. The van der Waals surface area contributed by atoms with Gasteiger partial charge in [-0.1, -0.05) is 48.4 Å². The van der Waals surface area contributed by atoms with E-state index in [1.54, 1.807) is 7.11 Å². The fourth-order valence-corrected chi connectivity index (χ4v) is 2.92. The molecule has 130 valence electrons. The topological polar surface area (TPSA) is 57.2 Å². The molecule has 4 atom stereocenters. The van der Waals surface area contributed by atoms with Crippen LogP contribution in [0.1, 0.15) is 46.5 Å². The molecular weight excluding hydrogens is 399 g/mol. The molecule has 22 heavy (non-hydrogen) atoms. The van der Waals surface area contributed by atoms with Crippen molar-refractivity contribution in [2.24, 2.45) is 0 Å². The molecule has 1 saturated heterocycles. The molecule has 0 radical (unpaired) electrons. The molecule has 0 amide bonds. The molecule has 1 heterocycles. The lowest BCUT2D eigenvalue weighted by atomic mass is 9.97. The van der Waals surface area contributed by atoms with Crippen LogP contribution in [0.15, 0.2) is 10.2 Å². The van der Waals surface area contributed by atoms with E-state index in [0.29, 0.717) is 6.42 Å². The van der Waals surface area contributed by atoms with Crippen LogP contribution in [0, 0.1) is 0 Å². The standard InChI is InChI=1S/C16H29IO5/c1-5-6-9-13(20-11-19-4)15-14(12(18)8-7-10-17)21-16(2,3)22-15/h7,10,12-15,18H,5-6,8-9,11H2,1-4H3/b10-7-/t12-,13+,14-,15-/m1/s1. The SMILES string of the molecule is CCCC[C@H](OCOC)[C@H]1OC(C)(C)O[C@@H]1[C@H](O)C/C=C\I. The Bertz CT molecular complexity index is 326. The maximum atomic E-state index is 10.4. The third-order valence-corrected chi connectivity index (χ3v) is 4.13. The fourth-order valence-electron chi connectivity index (χ4n) is 2.63. The average Bonchev–Trinajstić information content (AvgIpc) is 2.81. The second-order valence-corrected chi connectivity index (χ2v) is 6.70. The van der Waals surface area contributed by atoms with Gasteiger partial charge in [0.15, 0.2) is 5.79 Å². The summed E-state index contributed by atoms with van der Waals surface area (Å²) in [7, 11) is 1.60. The average molecular weight is 428 g/mol. The van der Waals surface area contributed by atoms with Gasteiger partial charge in [0.25, 0.3) is 0 Å². The highest BCUT2D eigenvalue weighted by molar-refractivity contribution is 14.1. The van der Waals surface area contributed by atoms with Gasteiger partial charge in [-0.05, 0) is 30.8 Å². The zero-order valence-electron chi connectivity index (χ0n) is 14.0. The summed E-state index contributed by atoms with van der Waals surface area (Å²) in [6.07, 6.45) is 3.96. The zero-order chi connectivity index (χ0) is 16.6. The largest absolute Gasteiger partial charge is 0.390 e. The first kappa shape index (κ1) is 20.3. The number of rotatable bonds is 10. The molecule has 6 heteroatoms. The molecular formula is C16H29IO5. The number of hydrogen-bond acceptors (Lipinski definition) is 5. The van der Waals surface area contributed by atoms with Crippen molar-refractivity contribution in [3.8, 4) is 0 Å². The molecule has 0 unspecified atom stereocenters. The molecule has 1 aliphatic heterocycles. The first-order valence-electron chi connectivity index (χ1n) is 7.84. The molecule has 0 aromatic heterocycles. The normalized spacial score (nSPS) is 27.4. The van der Waals surface area contributed by atoms with Crippen LogP contribution >= 0.6 is 22.6 Å². The Morgan fingerprint density at radius 3 is 2.59 bits per heavy atom. The van der Waals surface area contributed by atoms with Gasteiger partial charge < -0.3 is 24.1 Å². The predicted octanol–water partition coefficient (Wildman–Crippen LogP) is 3.39. The molecule has 0 spiro atoms. The quantitative estimate of drug-likeness (QED) is 0.427. The van der Waals surface area contributed by atoms with Crippen molar-refractivity contribution in [1.82, 2.24) is 0 Å². The van der Waals surface area contributed by atoms with Crippen LogP contribution in [-0.4, -0.2) is 49.2 Å². The number of aliphatic hydroxyl groups excluding tert-OH is 1. The highest BCUT2D eigenvalue weighted by Gasteiger charge is 2.48. The van der Waals surface area contributed by atoms with Crippen LogP contribution in [0.25, 0.3) is 0 Å². The van der Waals surface area contributed by atoms with E-state index in [1.165, 1.54) is 0 Å². The van der Waals surface area contributed by atoms with E-state index in [2.05, 4.69) is 29.5 Å². The Kier molecular flexibility index (Phi) is 9.42. The number of methoxy groups -OCH3 is 1. The van der Waals surface area contributed by atoms with Gasteiger partial charge in [0.1, 0.15) is 19.0 Å². The summed E-state index contributed by atoms with van der Waals surface area (Å²) >= 11 is 2.14. The van der Waals surface area contributed by atoms with Crippen molar-refractivity contribution in [3.63, 3.8) is 0 Å². The van der Waals surface area contributed by atoms with Gasteiger partial charge >= 0.3 is 0 Å². The maximum absolute atomic E-state index is 10.4.